The van der Waals surface area contributed by atoms with E-state index in [0.717, 1.165) is 4.47 Å². The van der Waals surface area contributed by atoms with Gasteiger partial charge >= 0.3 is 5.97 Å². The normalized spacial score (nSPS) is 13.2. The Morgan fingerprint density at radius 3 is 2.45 bits per heavy atom. The third-order valence-electron chi connectivity index (χ3n) is 2.11. The number of esters is 1. The SMILES string of the molecule is CC(=O)C(N=Nc1cccc(Br)c1)C(=O)OC(C)(C)C. The van der Waals surface area contributed by atoms with E-state index in [2.05, 4.69) is 26.2 Å². The summed E-state index contributed by atoms with van der Waals surface area (Å²) in [5, 5.41) is 7.71. The predicted molar refractivity (Wildman–Crippen MR) is 79.0 cm³/mol. The first-order valence-electron chi connectivity index (χ1n) is 6.09. The Labute approximate surface area is 126 Å². The molecule has 1 rings (SSSR count). The van der Waals surface area contributed by atoms with E-state index in [4.69, 9.17) is 4.74 Å². The van der Waals surface area contributed by atoms with Crippen LogP contribution in [0.4, 0.5) is 5.69 Å². The number of azo groups is 1. The molecule has 1 aromatic rings. The van der Waals surface area contributed by atoms with Gasteiger partial charge in [0, 0.05) is 4.47 Å². The Morgan fingerprint density at radius 1 is 1.30 bits per heavy atom. The predicted octanol–water partition coefficient (Wildman–Crippen LogP) is 3.83. The van der Waals surface area contributed by atoms with Crippen molar-refractivity contribution in [2.24, 2.45) is 10.2 Å². The third kappa shape index (κ3) is 5.61. The summed E-state index contributed by atoms with van der Waals surface area (Å²) in [5.74, 6) is -1.10. The van der Waals surface area contributed by atoms with Crippen LogP contribution in [-0.4, -0.2) is 23.4 Å². The van der Waals surface area contributed by atoms with Crippen molar-refractivity contribution in [2.45, 2.75) is 39.3 Å². The topological polar surface area (TPSA) is 68.1 Å². The molecular weight excluding hydrogens is 324 g/mol. The maximum atomic E-state index is 11.9. The summed E-state index contributed by atoms with van der Waals surface area (Å²) < 4.78 is 5.99. The Hall–Kier alpha value is -1.56. The fourth-order valence-electron chi connectivity index (χ4n) is 1.31. The summed E-state index contributed by atoms with van der Waals surface area (Å²) in [4.78, 5) is 23.4. The lowest BCUT2D eigenvalue weighted by Crippen LogP contribution is -2.34. The highest BCUT2D eigenvalue weighted by Gasteiger charge is 2.28. The maximum Gasteiger partial charge on any atom is 0.341 e. The summed E-state index contributed by atoms with van der Waals surface area (Å²) in [6, 6.07) is 5.86. The number of carbonyl (C=O) groups is 2. The first-order valence-corrected chi connectivity index (χ1v) is 6.88. The smallest absolute Gasteiger partial charge is 0.341 e. The van der Waals surface area contributed by atoms with Crippen LogP contribution in [0.15, 0.2) is 39.0 Å². The van der Waals surface area contributed by atoms with Crippen LogP contribution in [0.2, 0.25) is 0 Å². The van der Waals surface area contributed by atoms with Gasteiger partial charge in [0.1, 0.15) is 5.60 Å². The molecule has 0 saturated heterocycles. The van der Waals surface area contributed by atoms with Gasteiger partial charge in [0.05, 0.1) is 5.69 Å². The monoisotopic (exact) mass is 340 g/mol. The van der Waals surface area contributed by atoms with E-state index in [1.807, 2.05) is 6.07 Å². The molecule has 20 heavy (non-hydrogen) atoms. The molecule has 0 bridgehead atoms. The first kappa shape index (κ1) is 16.5. The molecule has 0 aliphatic carbocycles. The van der Waals surface area contributed by atoms with Crippen molar-refractivity contribution >= 4 is 33.4 Å². The largest absolute Gasteiger partial charge is 0.458 e. The fourth-order valence-corrected chi connectivity index (χ4v) is 1.70. The van der Waals surface area contributed by atoms with Gasteiger partial charge in [-0.3, -0.25) is 4.79 Å². The van der Waals surface area contributed by atoms with Crippen molar-refractivity contribution in [2.75, 3.05) is 0 Å². The molecule has 1 unspecified atom stereocenters. The molecular formula is C14H17BrN2O3. The molecule has 0 heterocycles. The molecule has 0 amide bonds. The van der Waals surface area contributed by atoms with Crippen LogP contribution in [0.1, 0.15) is 27.7 Å². The molecule has 0 saturated carbocycles. The standard InChI is InChI=1S/C14H17BrN2O3/c1-9(18)12(13(19)20-14(2,3)4)17-16-11-7-5-6-10(15)8-11/h5-8,12H,1-4H3. The van der Waals surface area contributed by atoms with E-state index in [0.29, 0.717) is 5.69 Å². The van der Waals surface area contributed by atoms with Gasteiger partial charge in [0.15, 0.2) is 5.78 Å². The van der Waals surface area contributed by atoms with E-state index in [1.54, 1.807) is 39.0 Å². The molecule has 0 aliphatic heterocycles. The minimum Gasteiger partial charge on any atom is -0.458 e. The number of halogens is 1. The average Bonchev–Trinajstić information content (AvgIpc) is 2.26. The van der Waals surface area contributed by atoms with Gasteiger partial charge in [-0.1, -0.05) is 22.0 Å². The first-order chi connectivity index (χ1) is 9.19. The Morgan fingerprint density at radius 2 is 1.95 bits per heavy atom. The third-order valence-corrected chi connectivity index (χ3v) is 2.61. The van der Waals surface area contributed by atoms with Crippen LogP contribution < -0.4 is 0 Å². The highest BCUT2D eigenvalue weighted by Crippen LogP contribution is 2.19. The molecule has 0 aromatic heterocycles. The molecule has 6 heteroatoms. The number of rotatable bonds is 4. The second kappa shape index (κ2) is 6.74. The van der Waals surface area contributed by atoms with Crippen molar-refractivity contribution < 1.29 is 14.3 Å². The zero-order valence-electron chi connectivity index (χ0n) is 11.9. The number of benzene rings is 1. The average molecular weight is 341 g/mol. The number of nitrogens with zero attached hydrogens (tertiary/aromatic N) is 2. The van der Waals surface area contributed by atoms with Gasteiger partial charge in [0.25, 0.3) is 0 Å². The maximum absolute atomic E-state index is 11.9. The molecule has 1 aromatic carbocycles. The lowest BCUT2D eigenvalue weighted by atomic mass is 10.1. The van der Waals surface area contributed by atoms with Crippen LogP contribution in [-0.2, 0) is 14.3 Å². The van der Waals surface area contributed by atoms with Gasteiger partial charge in [0.2, 0.25) is 6.04 Å². The number of hydrogen-bond donors (Lipinski definition) is 0. The van der Waals surface area contributed by atoms with Crippen molar-refractivity contribution in [3.63, 3.8) is 0 Å². The van der Waals surface area contributed by atoms with E-state index >= 15 is 0 Å². The van der Waals surface area contributed by atoms with Crippen LogP contribution in [0.25, 0.3) is 0 Å². The van der Waals surface area contributed by atoms with Gasteiger partial charge in [-0.05, 0) is 45.9 Å². The van der Waals surface area contributed by atoms with Gasteiger partial charge in [-0.2, -0.15) is 10.2 Å². The summed E-state index contributed by atoms with van der Waals surface area (Å²) in [5.41, 5.74) is -0.120. The lowest BCUT2D eigenvalue weighted by Gasteiger charge is -2.20. The Balaban J connectivity index is 2.88. The molecule has 0 N–H and O–H groups in total. The van der Waals surface area contributed by atoms with Crippen LogP contribution in [0.5, 0.6) is 0 Å². The molecule has 0 aliphatic rings. The zero-order valence-corrected chi connectivity index (χ0v) is 13.5. The highest BCUT2D eigenvalue weighted by molar-refractivity contribution is 9.10. The van der Waals surface area contributed by atoms with Crippen LogP contribution in [0.3, 0.4) is 0 Å². The van der Waals surface area contributed by atoms with Crippen LogP contribution in [0, 0.1) is 0 Å². The summed E-state index contributed by atoms with van der Waals surface area (Å²) >= 11 is 3.31. The lowest BCUT2D eigenvalue weighted by molar-refractivity contribution is -0.157. The number of ether oxygens (including phenoxy) is 1. The molecule has 0 spiro atoms. The molecule has 108 valence electrons. The number of carbonyl (C=O) groups excluding carboxylic acids is 2. The molecule has 5 nitrogen and oxygen atoms in total. The fraction of sp³-hybridized carbons (Fsp3) is 0.429. The summed E-state index contributed by atoms with van der Waals surface area (Å²) in [7, 11) is 0. The molecule has 0 fully saturated rings. The molecule has 1 atom stereocenters. The van der Waals surface area contributed by atoms with Crippen molar-refractivity contribution in [1.29, 1.82) is 0 Å². The Bertz CT molecular complexity index is 535. The van der Waals surface area contributed by atoms with Crippen molar-refractivity contribution in [3.8, 4) is 0 Å². The van der Waals surface area contributed by atoms with Gasteiger partial charge in [-0.15, -0.1) is 0 Å². The van der Waals surface area contributed by atoms with E-state index in [1.165, 1.54) is 6.92 Å². The summed E-state index contributed by atoms with van der Waals surface area (Å²) in [6.45, 7) is 6.48. The minimum atomic E-state index is -1.23. The van der Waals surface area contributed by atoms with Crippen LogP contribution >= 0.6 is 15.9 Å². The van der Waals surface area contributed by atoms with E-state index in [-0.39, 0.29) is 0 Å². The number of Topliss-reactive ketones (excluding diaryl/α,β-unsaturated/α-hetero) is 1. The second-order valence-electron chi connectivity index (χ2n) is 5.24. The summed E-state index contributed by atoms with van der Waals surface area (Å²) in [6.07, 6.45) is 0. The van der Waals surface area contributed by atoms with Crippen molar-refractivity contribution in [3.05, 3.63) is 28.7 Å². The van der Waals surface area contributed by atoms with E-state index in [9.17, 15) is 9.59 Å². The highest BCUT2D eigenvalue weighted by atomic mass is 79.9. The second-order valence-corrected chi connectivity index (χ2v) is 6.16. The molecule has 0 radical (unpaired) electrons. The van der Waals surface area contributed by atoms with E-state index < -0.39 is 23.4 Å². The number of ketones is 1. The van der Waals surface area contributed by atoms with Gasteiger partial charge < -0.3 is 4.74 Å². The van der Waals surface area contributed by atoms with Gasteiger partial charge in [-0.25, -0.2) is 4.79 Å². The Kier molecular flexibility index (Phi) is 5.56. The van der Waals surface area contributed by atoms with Crippen molar-refractivity contribution in [1.82, 2.24) is 0 Å². The number of hydrogen-bond acceptors (Lipinski definition) is 5. The zero-order chi connectivity index (χ0) is 15.3. The minimum absolute atomic E-state index is 0.405. The quantitative estimate of drug-likeness (QED) is 0.475.